The summed E-state index contributed by atoms with van der Waals surface area (Å²) in [4.78, 5) is 0. The number of ether oxygens (including phenoxy) is 5. The molecule has 3 rings (SSSR count). The number of aliphatic hydroxyl groups is 2. The van der Waals surface area contributed by atoms with E-state index in [1.165, 1.54) is 0 Å². The van der Waals surface area contributed by atoms with Gasteiger partial charge in [0.2, 0.25) is 0 Å². The molecule has 0 amide bonds. The van der Waals surface area contributed by atoms with Crippen molar-refractivity contribution >= 4 is 0 Å². The Hall–Kier alpha value is -0.280. The Morgan fingerprint density at radius 1 is 0.850 bits per heavy atom. The van der Waals surface area contributed by atoms with Crippen LogP contribution in [0.3, 0.4) is 0 Å². The van der Waals surface area contributed by atoms with Crippen LogP contribution >= 0.6 is 0 Å². The second kappa shape index (κ2) is 4.61. The van der Waals surface area contributed by atoms with Gasteiger partial charge in [-0.2, -0.15) is 0 Å². The first-order valence-corrected chi connectivity index (χ1v) is 6.87. The molecule has 0 aromatic carbocycles. The molecule has 3 aliphatic heterocycles. The van der Waals surface area contributed by atoms with Crippen LogP contribution in [0.25, 0.3) is 0 Å². The van der Waals surface area contributed by atoms with Crippen LogP contribution in [0.5, 0.6) is 0 Å². The maximum absolute atomic E-state index is 9.99. The average Bonchev–Trinajstić information content (AvgIpc) is 2.83. The summed E-state index contributed by atoms with van der Waals surface area (Å²) < 4.78 is 28.3. The fourth-order valence-corrected chi connectivity index (χ4v) is 2.99. The number of hydrogen-bond donors (Lipinski definition) is 2. The summed E-state index contributed by atoms with van der Waals surface area (Å²) in [5.41, 5.74) is 0. The van der Waals surface area contributed by atoms with Crippen molar-refractivity contribution in [2.45, 2.75) is 76.1 Å². The second-order valence-electron chi connectivity index (χ2n) is 6.41. The van der Waals surface area contributed by atoms with Crippen LogP contribution in [0.15, 0.2) is 0 Å². The molecule has 116 valence electrons. The van der Waals surface area contributed by atoms with Crippen LogP contribution in [-0.2, 0) is 23.7 Å². The molecule has 0 radical (unpaired) electrons. The standard InChI is InChI=1S/C13H22O7/c1-12(2)16-5-6(18-12)8-10-9(7(14)11(15)17-8)19-13(3,4)20-10/h6-11,14-15H,5H2,1-4H3/t6-,7+,8-,9-,10+,11+/m0/s1. The lowest BCUT2D eigenvalue weighted by Crippen LogP contribution is -2.59. The largest absolute Gasteiger partial charge is 0.385 e. The van der Waals surface area contributed by atoms with Gasteiger partial charge in [0.05, 0.1) is 6.61 Å². The predicted molar refractivity (Wildman–Crippen MR) is 65.6 cm³/mol. The zero-order valence-corrected chi connectivity index (χ0v) is 12.1. The summed E-state index contributed by atoms with van der Waals surface area (Å²) in [6, 6.07) is 0. The lowest BCUT2D eigenvalue weighted by Gasteiger charge is -2.39. The minimum Gasteiger partial charge on any atom is -0.385 e. The van der Waals surface area contributed by atoms with E-state index >= 15 is 0 Å². The quantitative estimate of drug-likeness (QED) is 0.688. The minimum atomic E-state index is -1.33. The summed E-state index contributed by atoms with van der Waals surface area (Å²) in [7, 11) is 0. The Labute approximate surface area is 117 Å². The average molecular weight is 290 g/mol. The van der Waals surface area contributed by atoms with Crippen LogP contribution in [0.2, 0.25) is 0 Å². The van der Waals surface area contributed by atoms with Gasteiger partial charge in [-0.25, -0.2) is 0 Å². The van der Waals surface area contributed by atoms with Crippen LogP contribution in [0, 0.1) is 0 Å². The van der Waals surface area contributed by atoms with Gasteiger partial charge >= 0.3 is 0 Å². The number of aliphatic hydroxyl groups excluding tert-OH is 2. The molecular formula is C13H22O7. The summed E-state index contributed by atoms with van der Waals surface area (Å²) in [5, 5.41) is 19.8. The van der Waals surface area contributed by atoms with Crippen molar-refractivity contribution in [2.75, 3.05) is 6.61 Å². The van der Waals surface area contributed by atoms with Gasteiger partial charge in [-0.05, 0) is 27.7 Å². The zero-order valence-electron chi connectivity index (χ0n) is 12.1. The molecule has 3 fully saturated rings. The zero-order chi connectivity index (χ0) is 14.7. The molecule has 0 unspecified atom stereocenters. The molecule has 0 saturated carbocycles. The van der Waals surface area contributed by atoms with Crippen LogP contribution in [-0.4, -0.2) is 65.2 Å². The number of fused-ring (bicyclic) bond motifs is 1. The lowest BCUT2D eigenvalue weighted by molar-refractivity contribution is -0.280. The van der Waals surface area contributed by atoms with Crippen molar-refractivity contribution in [2.24, 2.45) is 0 Å². The third kappa shape index (κ3) is 2.48. The van der Waals surface area contributed by atoms with E-state index in [1.807, 2.05) is 13.8 Å². The van der Waals surface area contributed by atoms with Gasteiger partial charge in [-0.15, -0.1) is 0 Å². The van der Waals surface area contributed by atoms with Crippen LogP contribution < -0.4 is 0 Å². The van der Waals surface area contributed by atoms with E-state index in [0.29, 0.717) is 6.61 Å². The fourth-order valence-electron chi connectivity index (χ4n) is 2.99. The van der Waals surface area contributed by atoms with E-state index in [0.717, 1.165) is 0 Å². The molecule has 0 aliphatic carbocycles. The Morgan fingerprint density at radius 3 is 2.10 bits per heavy atom. The first-order valence-electron chi connectivity index (χ1n) is 6.87. The first kappa shape index (κ1) is 14.6. The molecule has 0 aromatic heterocycles. The molecule has 0 bridgehead atoms. The summed E-state index contributed by atoms with van der Waals surface area (Å²) in [6.07, 6.45) is -4.56. The van der Waals surface area contributed by atoms with Gasteiger partial charge in [0.15, 0.2) is 17.9 Å². The Balaban J connectivity index is 1.81. The molecule has 20 heavy (non-hydrogen) atoms. The molecule has 2 N–H and O–H groups in total. The van der Waals surface area contributed by atoms with Gasteiger partial charge in [0, 0.05) is 0 Å². The van der Waals surface area contributed by atoms with Crippen molar-refractivity contribution in [3.05, 3.63) is 0 Å². The molecule has 6 atom stereocenters. The van der Waals surface area contributed by atoms with Crippen molar-refractivity contribution in [3.63, 3.8) is 0 Å². The van der Waals surface area contributed by atoms with Gasteiger partial charge in [-0.1, -0.05) is 0 Å². The van der Waals surface area contributed by atoms with E-state index < -0.39 is 42.3 Å². The van der Waals surface area contributed by atoms with Crippen LogP contribution in [0.4, 0.5) is 0 Å². The molecule has 3 aliphatic rings. The lowest BCUT2D eigenvalue weighted by atomic mass is 9.96. The van der Waals surface area contributed by atoms with Crippen LogP contribution in [0.1, 0.15) is 27.7 Å². The highest BCUT2D eigenvalue weighted by molar-refractivity contribution is 5.00. The first-order chi connectivity index (χ1) is 9.19. The monoisotopic (exact) mass is 290 g/mol. The highest BCUT2D eigenvalue weighted by Crippen LogP contribution is 2.40. The normalized spacial score (nSPS) is 50.1. The molecule has 7 nitrogen and oxygen atoms in total. The Kier molecular flexibility index (Phi) is 3.37. The highest BCUT2D eigenvalue weighted by atomic mass is 16.8. The topological polar surface area (TPSA) is 86.6 Å². The van der Waals surface area contributed by atoms with Gasteiger partial charge in [0.25, 0.3) is 0 Å². The third-order valence-electron chi connectivity index (χ3n) is 3.81. The van der Waals surface area contributed by atoms with Crippen molar-refractivity contribution in [3.8, 4) is 0 Å². The van der Waals surface area contributed by atoms with Crippen molar-refractivity contribution < 1.29 is 33.9 Å². The van der Waals surface area contributed by atoms with E-state index in [-0.39, 0.29) is 6.10 Å². The van der Waals surface area contributed by atoms with Crippen molar-refractivity contribution in [1.82, 2.24) is 0 Å². The van der Waals surface area contributed by atoms with Crippen molar-refractivity contribution in [1.29, 1.82) is 0 Å². The van der Waals surface area contributed by atoms with E-state index in [1.54, 1.807) is 13.8 Å². The molecular weight excluding hydrogens is 268 g/mol. The summed E-state index contributed by atoms with van der Waals surface area (Å²) >= 11 is 0. The molecule has 3 heterocycles. The van der Waals surface area contributed by atoms with Gasteiger partial charge < -0.3 is 33.9 Å². The van der Waals surface area contributed by atoms with E-state index in [9.17, 15) is 10.2 Å². The SMILES string of the molecule is CC1(C)O[C@@H]2[C@H]([C@@H]3COC(C)(C)O3)O[C@@H](O)[C@H](O)[C@@H]2O1. The molecule has 0 aromatic rings. The summed E-state index contributed by atoms with van der Waals surface area (Å²) in [6.45, 7) is 7.49. The molecule has 3 saturated heterocycles. The molecule has 0 spiro atoms. The smallest absolute Gasteiger partial charge is 0.184 e. The minimum absolute atomic E-state index is 0.341. The number of rotatable bonds is 1. The summed E-state index contributed by atoms with van der Waals surface area (Å²) in [5.74, 6) is -1.53. The number of hydrogen-bond acceptors (Lipinski definition) is 7. The van der Waals surface area contributed by atoms with Gasteiger partial charge in [0.1, 0.15) is 30.5 Å². The van der Waals surface area contributed by atoms with E-state index in [4.69, 9.17) is 23.7 Å². The fraction of sp³-hybridized carbons (Fsp3) is 1.00. The second-order valence-corrected chi connectivity index (χ2v) is 6.41. The maximum Gasteiger partial charge on any atom is 0.184 e. The van der Waals surface area contributed by atoms with E-state index in [2.05, 4.69) is 0 Å². The highest BCUT2D eigenvalue weighted by Gasteiger charge is 2.58. The third-order valence-corrected chi connectivity index (χ3v) is 3.81. The Bertz CT molecular complexity index is 383. The Morgan fingerprint density at radius 2 is 1.50 bits per heavy atom. The maximum atomic E-state index is 9.99. The molecule has 7 heteroatoms. The predicted octanol–water partition coefficient (Wildman–Crippen LogP) is -0.264. The van der Waals surface area contributed by atoms with Gasteiger partial charge in [-0.3, -0.25) is 0 Å².